The monoisotopic (exact) mass is 280 g/mol. The van der Waals surface area contributed by atoms with E-state index in [0.717, 1.165) is 0 Å². The van der Waals surface area contributed by atoms with Gasteiger partial charge in [0.1, 0.15) is 0 Å². The van der Waals surface area contributed by atoms with E-state index in [4.69, 9.17) is 4.74 Å². The molecule has 1 atom stereocenters. The van der Waals surface area contributed by atoms with Gasteiger partial charge in [-0.1, -0.05) is 24.3 Å². The molecule has 0 aliphatic carbocycles. The average Bonchev–Trinajstić information content (AvgIpc) is 2.48. The van der Waals surface area contributed by atoms with Gasteiger partial charge in [0.25, 0.3) is 0 Å². The Morgan fingerprint density at radius 3 is 2.58 bits per heavy atom. The summed E-state index contributed by atoms with van der Waals surface area (Å²) in [4.78, 5) is 11.5. The van der Waals surface area contributed by atoms with Gasteiger partial charge in [-0.05, 0) is 48.3 Å². The lowest BCUT2D eigenvalue weighted by atomic mass is 9.92. The van der Waals surface area contributed by atoms with Gasteiger partial charge in [-0.3, -0.25) is 0 Å². The Kier molecular flexibility index (Phi) is 5.28. The molecule has 0 aromatic heterocycles. The van der Waals surface area contributed by atoms with Crippen LogP contribution in [0.5, 0.6) is 0 Å². The van der Waals surface area contributed by atoms with Crippen molar-refractivity contribution in [2.45, 2.75) is 31.8 Å². The summed E-state index contributed by atoms with van der Waals surface area (Å²) in [5, 5.41) is 9.84. The van der Waals surface area contributed by atoms with Crippen LogP contribution in [0, 0.1) is 0 Å². The van der Waals surface area contributed by atoms with Crippen LogP contribution in [0.4, 0.5) is 0 Å². The van der Waals surface area contributed by atoms with Crippen LogP contribution in [0.25, 0.3) is 0 Å². The molecular formula is C15H20O3S. The van der Waals surface area contributed by atoms with Crippen LogP contribution in [0.3, 0.4) is 0 Å². The van der Waals surface area contributed by atoms with Gasteiger partial charge in [-0.15, -0.1) is 0 Å². The molecule has 1 aliphatic heterocycles. The van der Waals surface area contributed by atoms with Gasteiger partial charge in [0.2, 0.25) is 0 Å². The van der Waals surface area contributed by atoms with Crippen LogP contribution >= 0.6 is 11.8 Å². The highest BCUT2D eigenvalue weighted by Crippen LogP contribution is 2.32. The van der Waals surface area contributed by atoms with Gasteiger partial charge in [0, 0.05) is 0 Å². The highest BCUT2D eigenvalue weighted by molar-refractivity contribution is 7.99. The Hall–Kier alpha value is -1.00. The Morgan fingerprint density at radius 2 is 2.00 bits per heavy atom. The fourth-order valence-corrected chi connectivity index (χ4v) is 3.45. The quantitative estimate of drug-likeness (QED) is 0.861. The molecule has 104 valence electrons. The number of hydrogen-bond acceptors (Lipinski definition) is 4. The summed E-state index contributed by atoms with van der Waals surface area (Å²) in [7, 11) is 0. The summed E-state index contributed by atoms with van der Waals surface area (Å²) < 4.78 is 4.81. The summed E-state index contributed by atoms with van der Waals surface area (Å²) >= 11 is 2.01. The number of esters is 1. The molecule has 0 spiro atoms. The average molecular weight is 280 g/mol. The lowest BCUT2D eigenvalue weighted by Crippen LogP contribution is -2.15. The third-order valence-corrected chi connectivity index (χ3v) is 4.50. The number of hydrogen-bond donors (Lipinski definition) is 1. The molecule has 3 nitrogen and oxygen atoms in total. The molecule has 4 heteroatoms. The molecule has 1 aromatic carbocycles. The van der Waals surface area contributed by atoms with E-state index in [1.165, 1.54) is 29.9 Å². The van der Waals surface area contributed by atoms with Gasteiger partial charge >= 0.3 is 5.97 Å². The van der Waals surface area contributed by atoms with Crippen molar-refractivity contribution in [1.29, 1.82) is 0 Å². The number of benzene rings is 1. The molecule has 0 bridgehead atoms. The maximum absolute atomic E-state index is 11.5. The van der Waals surface area contributed by atoms with Gasteiger partial charge in [0.15, 0.2) is 6.10 Å². The number of aliphatic hydroxyl groups excluding tert-OH is 1. The second-order valence-corrected chi connectivity index (χ2v) is 5.93. The SMILES string of the molecule is CCOC(=O)C(O)c1ccc(C2CCSCC2)cc1. The summed E-state index contributed by atoms with van der Waals surface area (Å²) in [6.45, 7) is 2.02. The minimum Gasteiger partial charge on any atom is -0.464 e. The molecule has 1 unspecified atom stereocenters. The molecule has 0 amide bonds. The first-order chi connectivity index (χ1) is 9.22. The van der Waals surface area contributed by atoms with Crippen molar-refractivity contribution in [3.05, 3.63) is 35.4 Å². The summed E-state index contributed by atoms with van der Waals surface area (Å²) in [6, 6.07) is 7.72. The molecule has 1 N–H and O–H groups in total. The van der Waals surface area contributed by atoms with Crippen LogP contribution < -0.4 is 0 Å². The first-order valence-electron chi connectivity index (χ1n) is 6.74. The molecule has 1 saturated heterocycles. The fourth-order valence-electron chi connectivity index (χ4n) is 2.34. The first kappa shape index (κ1) is 14.4. The van der Waals surface area contributed by atoms with Gasteiger partial charge in [-0.25, -0.2) is 4.79 Å². The Morgan fingerprint density at radius 1 is 1.37 bits per heavy atom. The number of aliphatic hydroxyl groups is 1. The zero-order chi connectivity index (χ0) is 13.7. The second kappa shape index (κ2) is 6.96. The summed E-state index contributed by atoms with van der Waals surface area (Å²) in [5.74, 6) is 2.48. The maximum Gasteiger partial charge on any atom is 0.339 e. The van der Waals surface area contributed by atoms with Crippen LogP contribution in [0.15, 0.2) is 24.3 Å². The molecular weight excluding hydrogens is 260 g/mol. The van der Waals surface area contributed by atoms with Crippen LogP contribution in [0.2, 0.25) is 0 Å². The van der Waals surface area contributed by atoms with Crippen molar-refractivity contribution >= 4 is 17.7 Å². The summed E-state index contributed by atoms with van der Waals surface area (Å²) in [6.07, 6.45) is 1.26. The second-order valence-electron chi connectivity index (χ2n) is 4.71. The molecule has 0 radical (unpaired) electrons. The van der Waals surface area contributed by atoms with Gasteiger partial charge < -0.3 is 9.84 Å². The van der Waals surface area contributed by atoms with E-state index in [9.17, 15) is 9.90 Å². The Bertz CT molecular complexity index is 410. The lowest BCUT2D eigenvalue weighted by molar-refractivity contribution is -0.153. The summed E-state index contributed by atoms with van der Waals surface area (Å²) in [5.41, 5.74) is 1.91. The number of rotatable bonds is 4. The molecule has 1 aromatic rings. The van der Waals surface area contributed by atoms with Crippen molar-refractivity contribution in [2.75, 3.05) is 18.1 Å². The van der Waals surface area contributed by atoms with Crippen LogP contribution in [-0.4, -0.2) is 29.2 Å². The Labute approximate surface area is 118 Å². The molecule has 1 aliphatic rings. The first-order valence-corrected chi connectivity index (χ1v) is 7.90. The third kappa shape index (κ3) is 3.74. The number of ether oxygens (including phenoxy) is 1. The van der Waals surface area contributed by atoms with Crippen molar-refractivity contribution in [3.63, 3.8) is 0 Å². The van der Waals surface area contributed by atoms with E-state index in [0.29, 0.717) is 11.5 Å². The van der Waals surface area contributed by atoms with Crippen molar-refractivity contribution in [2.24, 2.45) is 0 Å². The highest BCUT2D eigenvalue weighted by Gasteiger charge is 2.20. The zero-order valence-corrected chi connectivity index (χ0v) is 12.0. The maximum atomic E-state index is 11.5. The van der Waals surface area contributed by atoms with Crippen molar-refractivity contribution in [3.8, 4) is 0 Å². The van der Waals surface area contributed by atoms with E-state index in [1.54, 1.807) is 6.92 Å². The molecule has 2 rings (SSSR count). The largest absolute Gasteiger partial charge is 0.464 e. The smallest absolute Gasteiger partial charge is 0.339 e. The minimum atomic E-state index is -1.17. The van der Waals surface area contributed by atoms with Crippen molar-refractivity contribution < 1.29 is 14.6 Å². The minimum absolute atomic E-state index is 0.285. The van der Waals surface area contributed by atoms with E-state index in [-0.39, 0.29) is 6.61 Å². The standard InChI is InChI=1S/C15H20O3S/c1-2-18-15(17)14(16)13-5-3-11(4-6-13)12-7-9-19-10-8-12/h3-6,12,14,16H,2,7-10H2,1H3. The predicted octanol–water partition coefficient (Wildman–Crippen LogP) is 2.89. The van der Waals surface area contributed by atoms with Crippen LogP contribution in [-0.2, 0) is 9.53 Å². The van der Waals surface area contributed by atoms with E-state index >= 15 is 0 Å². The number of thioether (sulfide) groups is 1. The van der Waals surface area contributed by atoms with E-state index < -0.39 is 12.1 Å². The Balaban J connectivity index is 2.03. The number of carbonyl (C=O) groups is 1. The topological polar surface area (TPSA) is 46.5 Å². The molecule has 0 saturated carbocycles. The zero-order valence-electron chi connectivity index (χ0n) is 11.2. The van der Waals surface area contributed by atoms with E-state index in [1.807, 2.05) is 36.0 Å². The van der Waals surface area contributed by atoms with Gasteiger partial charge in [-0.2, -0.15) is 11.8 Å². The highest BCUT2D eigenvalue weighted by atomic mass is 32.2. The molecule has 1 fully saturated rings. The van der Waals surface area contributed by atoms with E-state index in [2.05, 4.69) is 0 Å². The normalized spacial score (nSPS) is 18.0. The lowest BCUT2D eigenvalue weighted by Gasteiger charge is -2.22. The molecule has 1 heterocycles. The predicted molar refractivity (Wildman–Crippen MR) is 77.3 cm³/mol. The van der Waals surface area contributed by atoms with Crippen molar-refractivity contribution in [1.82, 2.24) is 0 Å². The van der Waals surface area contributed by atoms with Crippen LogP contribution in [0.1, 0.15) is 42.9 Å². The fraction of sp³-hybridized carbons (Fsp3) is 0.533. The molecule has 19 heavy (non-hydrogen) atoms. The number of carbonyl (C=O) groups excluding carboxylic acids is 1. The third-order valence-electron chi connectivity index (χ3n) is 3.45. The van der Waals surface area contributed by atoms with Gasteiger partial charge in [0.05, 0.1) is 6.61 Å².